The minimum atomic E-state index is -0.559. The van der Waals surface area contributed by atoms with Crippen LogP contribution in [0.4, 0.5) is 0 Å². The molecule has 0 atom stereocenters. The van der Waals surface area contributed by atoms with Crippen molar-refractivity contribution in [2.24, 2.45) is 0 Å². The first-order valence-corrected chi connectivity index (χ1v) is 10.6. The molecule has 0 N–H and O–H groups in total. The smallest absolute Gasteiger partial charge is 0.373 e. The highest BCUT2D eigenvalue weighted by Gasteiger charge is 2.21. The van der Waals surface area contributed by atoms with Gasteiger partial charge in [0.1, 0.15) is 22.2 Å². The van der Waals surface area contributed by atoms with Gasteiger partial charge in [0.05, 0.1) is 26.2 Å². The van der Waals surface area contributed by atoms with Gasteiger partial charge in [-0.1, -0.05) is 19.1 Å². The van der Waals surface area contributed by atoms with Crippen molar-refractivity contribution in [1.82, 2.24) is 9.55 Å². The third-order valence-corrected chi connectivity index (χ3v) is 6.10. The number of carbonyl (C=O) groups is 1. The van der Waals surface area contributed by atoms with Crippen LogP contribution in [0.2, 0.25) is 0 Å². The van der Waals surface area contributed by atoms with Crippen LogP contribution < -0.4 is 10.3 Å². The molecular weight excluding hydrogens is 416 g/mol. The summed E-state index contributed by atoms with van der Waals surface area (Å²) in [5.74, 6) is 1.40. The predicted molar refractivity (Wildman–Crippen MR) is 119 cm³/mol. The molecule has 0 aliphatic carbocycles. The van der Waals surface area contributed by atoms with Crippen molar-refractivity contribution in [3.8, 4) is 16.9 Å². The number of ether oxygens (including phenoxy) is 2. The molecule has 0 aliphatic rings. The molecule has 4 aromatic rings. The predicted octanol–water partition coefficient (Wildman–Crippen LogP) is 4.43. The van der Waals surface area contributed by atoms with Crippen molar-refractivity contribution < 1.29 is 18.7 Å². The van der Waals surface area contributed by atoms with Crippen LogP contribution in [-0.2, 0) is 17.7 Å². The van der Waals surface area contributed by atoms with Crippen molar-refractivity contribution in [2.45, 2.75) is 26.8 Å². The van der Waals surface area contributed by atoms with E-state index in [1.807, 2.05) is 38.1 Å². The number of carbonyl (C=O) groups excluding carboxylic acids is 1. The molecule has 1 aromatic carbocycles. The Morgan fingerprint density at radius 2 is 2.03 bits per heavy atom. The molecule has 0 spiro atoms. The summed E-state index contributed by atoms with van der Waals surface area (Å²) in [6.45, 7) is 4.12. The number of benzene rings is 1. The number of rotatable bonds is 6. The zero-order valence-electron chi connectivity index (χ0n) is 17.7. The average molecular weight is 439 g/mol. The van der Waals surface area contributed by atoms with E-state index in [1.165, 1.54) is 18.4 Å². The van der Waals surface area contributed by atoms with E-state index >= 15 is 0 Å². The van der Waals surface area contributed by atoms with Crippen molar-refractivity contribution in [2.75, 3.05) is 14.2 Å². The largest absolute Gasteiger partial charge is 0.497 e. The van der Waals surface area contributed by atoms with Crippen LogP contribution in [0.25, 0.3) is 21.3 Å². The van der Waals surface area contributed by atoms with Crippen molar-refractivity contribution in [3.05, 3.63) is 69.0 Å². The second kappa shape index (κ2) is 8.39. The highest BCUT2D eigenvalue weighted by Crippen LogP contribution is 2.37. The van der Waals surface area contributed by atoms with E-state index in [-0.39, 0.29) is 17.9 Å². The SMILES string of the molecule is CCc1nc2sc(C)c(-c3cccc(OC)c3)c2c(=O)n1Cc1ccc(C(=O)OC)o1. The Kier molecular flexibility index (Phi) is 5.65. The molecule has 31 heavy (non-hydrogen) atoms. The number of esters is 1. The maximum Gasteiger partial charge on any atom is 0.373 e. The minimum Gasteiger partial charge on any atom is -0.497 e. The number of methoxy groups -OCH3 is 2. The molecule has 3 heterocycles. The highest BCUT2D eigenvalue weighted by atomic mass is 32.1. The van der Waals surface area contributed by atoms with Gasteiger partial charge in [0.15, 0.2) is 0 Å². The second-order valence-corrected chi connectivity index (χ2v) is 8.18. The number of thiophene rings is 1. The quantitative estimate of drug-likeness (QED) is 0.414. The van der Waals surface area contributed by atoms with Gasteiger partial charge >= 0.3 is 5.97 Å². The molecule has 0 saturated carbocycles. The first-order chi connectivity index (χ1) is 15.0. The summed E-state index contributed by atoms with van der Waals surface area (Å²) >= 11 is 1.51. The first-order valence-electron chi connectivity index (χ1n) is 9.81. The van der Waals surface area contributed by atoms with Gasteiger partial charge in [-0.25, -0.2) is 9.78 Å². The van der Waals surface area contributed by atoms with Crippen molar-refractivity contribution >= 4 is 27.5 Å². The lowest BCUT2D eigenvalue weighted by Crippen LogP contribution is -2.25. The molecule has 0 unspecified atom stereocenters. The standard InChI is InChI=1S/C23H22N2O5S/c1-5-18-24-21-20(19(13(2)31-21)14-7-6-8-15(11-14)28-3)22(26)25(18)12-16-9-10-17(30-16)23(27)29-4/h6-11H,5,12H2,1-4H3. The second-order valence-electron chi connectivity index (χ2n) is 6.98. The number of nitrogens with zero attached hydrogens (tertiary/aromatic N) is 2. The van der Waals surface area contributed by atoms with Crippen LogP contribution in [-0.4, -0.2) is 29.7 Å². The van der Waals surface area contributed by atoms with E-state index in [0.717, 1.165) is 21.8 Å². The summed E-state index contributed by atoms with van der Waals surface area (Å²) in [5, 5.41) is 0.577. The lowest BCUT2D eigenvalue weighted by atomic mass is 10.0. The summed E-state index contributed by atoms with van der Waals surface area (Å²) in [6, 6.07) is 10.9. The Morgan fingerprint density at radius 1 is 1.23 bits per heavy atom. The van der Waals surface area contributed by atoms with E-state index in [9.17, 15) is 9.59 Å². The molecule has 0 amide bonds. The van der Waals surface area contributed by atoms with Crippen LogP contribution in [0.1, 0.15) is 33.9 Å². The minimum absolute atomic E-state index is 0.0982. The normalized spacial score (nSPS) is 11.1. The van der Waals surface area contributed by atoms with Crippen LogP contribution in [0, 0.1) is 6.92 Å². The number of hydrogen-bond donors (Lipinski definition) is 0. The molecule has 8 heteroatoms. The summed E-state index contributed by atoms with van der Waals surface area (Å²) in [7, 11) is 2.91. The summed E-state index contributed by atoms with van der Waals surface area (Å²) in [4.78, 5) is 31.8. The molecule has 7 nitrogen and oxygen atoms in total. The fourth-order valence-corrected chi connectivity index (χ4v) is 4.68. The van der Waals surface area contributed by atoms with Gasteiger partial charge in [-0.15, -0.1) is 11.3 Å². The van der Waals surface area contributed by atoms with E-state index in [4.69, 9.17) is 18.9 Å². The zero-order chi connectivity index (χ0) is 22.1. The van der Waals surface area contributed by atoms with Crippen molar-refractivity contribution in [3.63, 3.8) is 0 Å². The Bertz CT molecular complexity index is 1330. The van der Waals surface area contributed by atoms with E-state index < -0.39 is 5.97 Å². The van der Waals surface area contributed by atoms with Crippen LogP contribution in [0.5, 0.6) is 5.75 Å². The topological polar surface area (TPSA) is 83.6 Å². The molecule has 0 radical (unpaired) electrons. The Balaban J connectivity index is 1.88. The monoisotopic (exact) mass is 438 g/mol. The zero-order valence-corrected chi connectivity index (χ0v) is 18.5. The van der Waals surface area contributed by atoms with E-state index in [1.54, 1.807) is 23.8 Å². The van der Waals surface area contributed by atoms with Crippen LogP contribution in [0.15, 0.2) is 45.6 Å². The van der Waals surface area contributed by atoms with Crippen molar-refractivity contribution in [1.29, 1.82) is 0 Å². The van der Waals surface area contributed by atoms with Crippen LogP contribution >= 0.6 is 11.3 Å². The fraction of sp³-hybridized carbons (Fsp3) is 0.261. The van der Waals surface area contributed by atoms with E-state index in [0.29, 0.717) is 28.2 Å². The molecular formula is C23H22N2O5S. The lowest BCUT2D eigenvalue weighted by Gasteiger charge is -2.11. The Morgan fingerprint density at radius 3 is 2.74 bits per heavy atom. The third-order valence-electron chi connectivity index (χ3n) is 5.10. The number of aryl methyl sites for hydroxylation is 2. The van der Waals surface area contributed by atoms with Crippen LogP contribution in [0.3, 0.4) is 0 Å². The third kappa shape index (κ3) is 3.74. The van der Waals surface area contributed by atoms with Gasteiger partial charge in [-0.05, 0) is 36.8 Å². The fourth-order valence-electron chi connectivity index (χ4n) is 3.63. The Labute approximate surface area is 182 Å². The molecule has 3 aromatic heterocycles. The first kappa shape index (κ1) is 20.9. The van der Waals surface area contributed by atoms with Gasteiger partial charge in [0.25, 0.3) is 5.56 Å². The lowest BCUT2D eigenvalue weighted by molar-refractivity contribution is 0.0563. The van der Waals surface area contributed by atoms with E-state index in [2.05, 4.69) is 0 Å². The Hall–Kier alpha value is -3.39. The number of aromatic nitrogens is 2. The van der Waals surface area contributed by atoms with Gasteiger partial charge in [0.2, 0.25) is 5.76 Å². The molecule has 0 saturated heterocycles. The highest BCUT2D eigenvalue weighted by molar-refractivity contribution is 7.19. The van der Waals surface area contributed by atoms with Gasteiger partial charge < -0.3 is 13.9 Å². The number of fused-ring (bicyclic) bond motifs is 1. The van der Waals surface area contributed by atoms with Gasteiger partial charge in [-0.3, -0.25) is 9.36 Å². The maximum atomic E-state index is 13.6. The van der Waals surface area contributed by atoms with Gasteiger partial charge in [-0.2, -0.15) is 0 Å². The number of hydrogen-bond acceptors (Lipinski definition) is 7. The summed E-state index contributed by atoms with van der Waals surface area (Å²) < 4.78 is 17.2. The molecule has 0 aliphatic heterocycles. The molecule has 4 rings (SSSR count). The summed E-state index contributed by atoms with van der Waals surface area (Å²) in [5.41, 5.74) is 1.63. The maximum absolute atomic E-state index is 13.6. The molecule has 0 fully saturated rings. The van der Waals surface area contributed by atoms with Gasteiger partial charge in [0, 0.05) is 16.9 Å². The number of furan rings is 1. The summed E-state index contributed by atoms with van der Waals surface area (Å²) in [6.07, 6.45) is 0.585. The molecule has 0 bridgehead atoms. The molecule has 160 valence electrons. The average Bonchev–Trinajstić information content (AvgIpc) is 3.39.